The van der Waals surface area contributed by atoms with Gasteiger partial charge >= 0.3 is 17.7 Å². The van der Waals surface area contributed by atoms with E-state index in [4.69, 9.17) is 37.4 Å². The van der Waals surface area contributed by atoms with Crippen molar-refractivity contribution in [1.82, 2.24) is 0 Å². The van der Waals surface area contributed by atoms with E-state index in [1.807, 2.05) is 0 Å². The SMILES string of the molecule is CCOC(=O)C1=Cc2c(Cl)ccc(Cl)c2OC1(O)C(=O)OCC. The number of rotatable bonds is 4. The minimum Gasteiger partial charge on any atom is -0.462 e. The summed E-state index contributed by atoms with van der Waals surface area (Å²) >= 11 is 12.1. The second-order valence-corrected chi connectivity index (χ2v) is 5.33. The van der Waals surface area contributed by atoms with Crippen LogP contribution in [-0.2, 0) is 19.1 Å². The maximum atomic E-state index is 12.1. The van der Waals surface area contributed by atoms with Crippen LogP contribution in [0.15, 0.2) is 17.7 Å². The molecule has 1 N–H and O–H groups in total. The highest BCUT2D eigenvalue weighted by molar-refractivity contribution is 6.36. The number of esters is 2. The van der Waals surface area contributed by atoms with Crippen LogP contribution in [0.3, 0.4) is 0 Å². The molecule has 0 bridgehead atoms. The molecule has 1 atom stereocenters. The van der Waals surface area contributed by atoms with Gasteiger partial charge in [-0.15, -0.1) is 0 Å². The first kappa shape index (κ1) is 17.6. The van der Waals surface area contributed by atoms with E-state index in [9.17, 15) is 14.7 Å². The average molecular weight is 361 g/mol. The molecule has 0 aliphatic carbocycles. The van der Waals surface area contributed by atoms with Crippen molar-refractivity contribution >= 4 is 41.2 Å². The predicted molar refractivity (Wildman–Crippen MR) is 83.3 cm³/mol. The largest absolute Gasteiger partial charge is 0.462 e. The number of benzene rings is 1. The van der Waals surface area contributed by atoms with Crippen molar-refractivity contribution in [3.8, 4) is 5.75 Å². The molecular weight excluding hydrogens is 347 g/mol. The molecule has 0 radical (unpaired) electrons. The first-order valence-electron chi connectivity index (χ1n) is 6.81. The summed E-state index contributed by atoms with van der Waals surface area (Å²) in [5.41, 5.74) is -0.175. The van der Waals surface area contributed by atoms with Crippen LogP contribution in [0.4, 0.5) is 0 Å². The second kappa shape index (κ2) is 6.78. The molecule has 0 spiro atoms. The van der Waals surface area contributed by atoms with Crippen molar-refractivity contribution < 1.29 is 28.9 Å². The number of carbonyl (C=O) groups is 2. The Labute approximate surface area is 142 Å². The van der Waals surface area contributed by atoms with Gasteiger partial charge in [-0.3, -0.25) is 0 Å². The molecular formula is C15H14Cl2O6. The van der Waals surface area contributed by atoms with E-state index in [1.165, 1.54) is 18.2 Å². The molecule has 0 aromatic heterocycles. The van der Waals surface area contributed by atoms with Crippen molar-refractivity contribution in [2.75, 3.05) is 13.2 Å². The summed E-state index contributed by atoms with van der Waals surface area (Å²) in [7, 11) is 0. The molecule has 6 nitrogen and oxygen atoms in total. The number of halogens is 2. The van der Waals surface area contributed by atoms with Crippen LogP contribution in [0.5, 0.6) is 5.75 Å². The van der Waals surface area contributed by atoms with E-state index in [1.54, 1.807) is 13.8 Å². The number of aliphatic hydroxyl groups is 1. The minimum atomic E-state index is -2.66. The van der Waals surface area contributed by atoms with Crippen molar-refractivity contribution in [1.29, 1.82) is 0 Å². The van der Waals surface area contributed by atoms with E-state index in [2.05, 4.69) is 0 Å². The topological polar surface area (TPSA) is 82.1 Å². The fraction of sp³-hybridized carbons (Fsp3) is 0.333. The fourth-order valence-corrected chi connectivity index (χ4v) is 2.43. The standard InChI is InChI=1S/C15H14Cl2O6/c1-3-21-13(18)9-7-8-10(16)5-6-11(17)12(8)23-15(9,20)14(19)22-4-2/h5-7,20H,3-4H2,1-2H3. The third-order valence-corrected chi connectivity index (χ3v) is 3.67. The molecule has 0 fully saturated rings. The molecule has 1 aromatic carbocycles. The zero-order chi connectivity index (χ0) is 17.2. The quantitative estimate of drug-likeness (QED) is 0.831. The van der Waals surface area contributed by atoms with Crippen LogP contribution in [-0.4, -0.2) is 36.0 Å². The summed E-state index contributed by atoms with van der Waals surface area (Å²) in [4.78, 5) is 24.2. The maximum absolute atomic E-state index is 12.1. The van der Waals surface area contributed by atoms with Gasteiger partial charge in [0, 0.05) is 5.56 Å². The highest BCUT2D eigenvalue weighted by Gasteiger charge is 2.51. The predicted octanol–water partition coefficient (Wildman–Crippen LogP) is 2.58. The Kier molecular flexibility index (Phi) is 5.19. The molecule has 23 heavy (non-hydrogen) atoms. The monoisotopic (exact) mass is 360 g/mol. The molecule has 2 rings (SSSR count). The fourth-order valence-electron chi connectivity index (χ4n) is 2.02. The first-order chi connectivity index (χ1) is 10.8. The van der Waals surface area contributed by atoms with Gasteiger partial charge < -0.3 is 19.3 Å². The molecule has 1 unspecified atom stereocenters. The molecule has 1 aromatic rings. The summed E-state index contributed by atoms with van der Waals surface area (Å²) in [5.74, 6) is -4.77. The Morgan fingerprint density at radius 1 is 1.17 bits per heavy atom. The molecule has 1 aliphatic rings. The molecule has 0 saturated heterocycles. The van der Waals surface area contributed by atoms with E-state index in [0.29, 0.717) is 0 Å². The molecule has 1 heterocycles. The van der Waals surface area contributed by atoms with Gasteiger partial charge in [0.15, 0.2) is 5.75 Å². The van der Waals surface area contributed by atoms with Gasteiger partial charge in [0.2, 0.25) is 0 Å². The van der Waals surface area contributed by atoms with Crippen LogP contribution in [0.1, 0.15) is 19.4 Å². The van der Waals surface area contributed by atoms with Gasteiger partial charge in [0.25, 0.3) is 0 Å². The summed E-state index contributed by atoms with van der Waals surface area (Å²) in [6.07, 6.45) is 1.21. The van der Waals surface area contributed by atoms with Gasteiger partial charge in [-0.2, -0.15) is 0 Å². The van der Waals surface area contributed by atoms with E-state index >= 15 is 0 Å². The van der Waals surface area contributed by atoms with Gasteiger partial charge in [-0.25, -0.2) is 9.59 Å². The summed E-state index contributed by atoms with van der Waals surface area (Å²) in [5, 5.41) is 11.0. The lowest BCUT2D eigenvalue weighted by atomic mass is 9.98. The van der Waals surface area contributed by atoms with Gasteiger partial charge in [-0.05, 0) is 32.1 Å². The third-order valence-electron chi connectivity index (χ3n) is 3.05. The molecule has 1 aliphatic heterocycles. The minimum absolute atomic E-state index is 0.0171. The van der Waals surface area contributed by atoms with E-state index in [0.717, 1.165) is 0 Å². The van der Waals surface area contributed by atoms with Crippen LogP contribution in [0, 0.1) is 0 Å². The van der Waals surface area contributed by atoms with Gasteiger partial charge in [0.1, 0.15) is 5.57 Å². The molecule has 0 saturated carbocycles. The Morgan fingerprint density at radius 3 is 2.39 bits per heavy atom. The summed E-state index contributed by atoms with van der Waals surface area (Å²) in [6.45, 7) is 3.17. The van der Waals surface area contributed by atoms with Crippen molar-refractivity contribution in [2.45, 2.75) is 19.6 Å². The Balaban J connectivity index is 2.62. The molecule has 0 amide bonds. The number of ether oxygens (including phenoxy) is 3. The highest BCUT2D eigenvalue weighted by atomic mass is 35.5. The van der Waals surface area contributed by atoms with Crippen LogP contribution in [0.2, 0.25) is 10.0 Å². The van der Waals surface area contributed by atoms with Gasteiger partial charge in [-0.1, -0.05) is 23.2 Å². The summed E-state index contributed by atoms with van der Waals surface area (Å²) in [6, 6.07) is 2.94. The van der Waals surface area contributed by atoms with Crippen LogP contribution < -0.4 is 4.74 Å². The molecule has 124 valence electrons. The van der Waals surface area contributed by atoms with E-state index < -0.39 is 23.3 Å². The number of carbonyl (C=O) groups excluding carboxylic acids is 2. The van der Waals surface area contributed by atoms with E-state index in [-0.39, 0.29) is 34.6 Å². The molecule has 8 heteroatoms. The average Bonchev–Trinajstić information content (AvgIpc) is 2.51. The Bertz CT molecular complexity index is 685. The number of hydrogen-bond donors (Lipinski definition) is 1. The lowest BCUT2D eigenvalue weighted by Gasteiger charge is -2.32. The van der Waals surface area contributed by atoms with Crippen molar-refractivity contribution in [3.05, 3.63) is 33.3 Å². The first-order valence-corrected chi connectivity index (χ1v) is 7.56. The van der Waals surface area contributed by atoms with Crippen molar-refractivity contribution in [3.63, 3.8) is 0 Å². The smallest absolute Gasteiger partial charge is 0.385 e. The lowest BCUT2D eigenvalue weighted by molar-refractivity contribution is -0.192. The third kappa shape index (κ3) is 3.15. The zero-order valence-corrected chi connectivity index (χ0v) is 13.9. The maximum Gasteiger partial charge on any atom is 0.385 e. The number of hydrogen-bond acceptors (Lipinski definition) is 6. The number of fused-ring (bicyclic) bond motifs is 1. The summed E-state index contributed by atoms with van der Waals surface area (Å²) < 4.78 is 15.0. The van der Waals surface area contributed by atoms with Crippen molar-refractivity contribution in [2.24, 2.45) is 0 Å². The highest BCUT2D eigenvalue weighted by Crippen LogP contribution is 2.43. The van der Waals surface area contributed by atoms with Crippen LogP contribution in [0.25, 0.3) is 6.08 Å². The normalized spacial score (nSPS) is 19.3. The zero-order valence-electron chi connectivity index (χ0n) is 12.4. The second-order valence-electron chi connectivity index (χ2n) is 4.52. The lowest BCUT2D eigenvalue weighted by Crippen LogP contribution is -2.51. The Hall–Kier alpha value is -1.76. The van der Waals surface area contributed by atoms with Gasteiger partial charge in [0.05, 0.1) is 23.3 Å². The Morgan fingerprint density at radius 2 is 1.78 bits per heavy atom. The van der Waals surface area contributed by atoms with Crippen LogP contribution >= 0.6 is 23.2 Å².